The van der Waals surface area contributed by atoms with Crippen LogP contribution in [0.3, 0.4) is 0 Å². The zero-order valence-electron chi connectivity index (χ0n) is 9.59. The van der Waals surface area contributed by atoms with Crippen LogP contribution < -0.4 is 5.32 Å². The molecule has 0 bridgehead atoms. The van der Waals surface area contributed by atoms with E-state index < -0.39 is 17.9 Å². The standard InChI is InChI=1S/C13H13NO4/c1-2-3-11(13(17)18)14-12(16)8-9-4-6-10(15)7-5-9/h1,4-7,11,15H,3,8H2,(H,14,16)(H,17,18). The Kier molecular flexibility index (Phi) is 4.76. The Labute approximate surface area is 104 Å². The van der Waals surface area contributed by atoms with Crippen LogP contribution >= 0.6 is 0 Å². The Balaban J connectivity index is 2.58. The maximum absolute atomic E-state index is 11.6. The molecule has 0 radical (unpaired) electrons. The average molecular weight is 247 g/mol. The van der Waals surface area contributed by atoms with E-state index in [2.05, 4.69) is 11.2 Å². The lowest BCUT2D eigenvalue weighted by atomic mass is 10.1. The Bertz CT molecular complexity index is 473. The summed E-state index contributed by atoms with van der Waals surface area (Å²) in [7, 11) is 0. The second-order valence-electron chi connectivity index (χ2n) is 3.71. The van der Waals surface area contributed by atoms with Crippen LogP contribution in [0.5, 0.6) is 5.75 Å². The number of phenols is 1. The molecule has 1 aromatic rings. The molecule has 1 unspecified atom stereocenters. The molecule has 1 aromatic carbocycles. The van der Waals surface area contributed by atoms with Crippen molar-refractivity contribution in [1.82, 2.24) is 5.32 Å². The third-order valence-corrected chi connectivity index (χ3v) is 2.26. The van der Waals surface area contributed by atoms with Gasteiger partial charge in [-0.25, -0.2) is 4.79 Å². The van der Waals surface area contributed by atoms with E-state index in [-0.39, 0.29) is 18.6 Å². The van der Waals surface area contributed by atoms with E-state index in [4.69, 9.17) is 16.6 Å². The van der Waals surface area contributed by atoms with Gasteiger partial charge in [0.15, 0.2) is 0 Å². The summed E-state index contributed by atoms with van der Waals surface area (Å²) >= 11 is 0. The molecule has 0 aliphatic carbocycles. The normalized spacial score (nSPS) is 11.3. The Morgan fingerprint density at radius 2 is 1.94 bits per heavy atom. The van der Waals surface area contributed by atoms with Gasteiger partial charge in [-0.1, -0.05) is 12.1 Å². The van der Waals surface area contributed by atoms with Gasteiger partial charge in [0.25, 0.3) is 0 Å². The topological polar surface area (TPSA) is 86.6 Å². The van der Waals surface area contributed by atoms with Crippen LogP contribution in [0.2, 0.25) is 0 Å². The number of carbonyl (C=O) groups excluding carboxylic acids is 1. The van der Waals surface area contributed by atoms with E-state index in [9.17, 15) is 9.59 Å². The number of phenolic OH excluding ortho intramolecular Hbond substituents is 1. The average Bonchev–Trinajstić information content (AvgIpc) is 2.31. The molecule has 5 nitrogen and oxygen atoms in total. The zero-order valence-corrected chi connectivity index (χ0v) is 9.59. The molecular weight excluding hydrogens is 234 g/mol. The van der Waals surface area contributed by atoms with Crippen molar-refractivity contribution in [3.05, 3.63) is 29.8 Å². The summed E-state index contributed by atoms with van der Waals surface area (Å²) in [6.07, 6.45) is 5.00. The van der Waals surface area contributed by atoms with Gasteiger partial charge in [-0.05, 0) is 17.7 Å². The maximum Gasteiger partial charge on any atom is 0.327 e. The van der Waals surface area contributed by atoms with Gasteiger partial charge in [-0.3, -0.25) is 4.79 Å². The first kappa shape index (κ1) is 13.6. The minimum Gasteiger partial charge on any atom is -0.508 e. The number of rotatable bonds is 5. The molecule has 0 fully saturated rings. The number of nitrogens with one attached hydrogen (secondary N) is 1. The molecule has 1 rings (SSSR count). The summed E-state index contributed by atoms with van der Waals surface area (Å²) in [5.74, 6) is 0.716. The summed E-state index contributed by atoms with van der Waals surface area (Å²) in [6.45, 7) is 0. The predicted molar refractivity (Wildman–Crippen MR) is 64.8 cm³/mol. The van der Waals surface area contributed by atoms with Gasteiger partial charge < -0.3 is 15.5 Å². The fourth-order valence-corrected chi connectivity index (χ4v) is 1.36. The summed E-state index contributed by atoms with van der Waals surface area (Å²) in [5, 5.41) is 20.2. The van der Waals surface area contributed by atoms with E-state index in [0.29, 0.717) is 5.56 Å². The number of carbonyl (C=O) groups is 2. The van der Waals surface area contributed by atoms with Crippen LogP contribution in [0.1, 0.15) is 12.0 Å². The van der Waals surface area contributed by atoms with Crippen molar-refractivity contribution in [2.24, 2.45) is 0 Å². The highest BCUT2D eigenvalue weighted by Crippen LogP contribution is 2.10. The first-order valence-corrected chi connectivity index (χ1v) is 5.26. The lowest BCUT2D eigenvalue weighted by Crippen LogP contribution is -2.41. The van der Waals surface area contributed by atoms with E-state index in [1.165, 1.54) is 12.1 Å². The molecule has 18 heavy (non-hydrogen) atoms. The summed E-state index contributed by atoms with van der Waals surface area (Å²) in [6, 6.07) is 5.02. The number of hydrogen-bond acceptors (Lipinski definition) is 3. The quantitative estimate of drug-likeness (QED) is 0.662. The van der Waals surface area contributed by atoms with Crippen LogP contribution in [0.25, 0.3) is 0 Å². The number of terminal acetylenes is 1. The van der Waals surface area contributed by atoms with Gasteiger partial charge in [0.05, 0.1) is 6.42 Å². The van der Waals surface area contributed by atoms with Crippen LogP contribution in [0, 0.1) is 12.3 Å². The van der Waals surface area contributed by atoms with Gasteiger partial charge in [-0.2, -0.15) is 0 Å². The van der Waals surface area contributed by atoms with E-state index in [1.807, 2.05) is 0 Å². The number of carboxylic acids is 1. The molecule has 1 atom stereocenters. The number of carboxylic acid groups (broad SMARTS) is 1. The van der Waals surface area contributed by atoms with Crippen molar-refractivity contribution < 1.29 is 19.8 Å². The van der Waals surface area contributed by atoms with Crippen molar-refractivity contribution in [2.45, 2.75) is 18.9 Å². The minimum absolute atomic E-state index is 0.0363. The molecule has 3 N–H and O–H groups in total. The molecule has 94 valence electrons. The van der Waals surface area contributed by atoms with Crippen LogP contribution in [0.15, 0.2) is 24.3 Å². The summed E-state index contributed by atoms with van der Waals surface area (Å²) in [4.78, 5) is 22.4. The molecular formula is C13H13NO4. The van der Waals surface area contributed by atoms with Gasteiger partial charge in [0.1, 0.15) is 11.8 Å². The number of aromatic hydroxyl groups is 1. The Morgan fingerprint density at radius 1 is 1.33 bits per heavy atom. The van der Waals surface area contributed by atoms with Crippen molar-refractivity contribution in [3.8, 4) is 18.1 Å². The molecule has 0 aromatic heterocycles. The van der Waals surface area contributed by atoms with Crippen molar-refractivity contribution in [1.29, 1.82) is 0 Å². The highest BCUT2D eigenvalue weighted by molar-refractivity contribution is 5.85. The maximum atomic E-state index is 11.6. The predicted octanol–water partition coefficient (Wildman–Crippen LogP) is 0.527. The fraction of sp³-hybridized carbons (Fsp3) is 0.231. The number of amides is 1. The Morgan fingerprint density at radius 3 is 2.44 bits per heavy atom. The third kappa shape index (κ3) is 4.18. The third-order valence-electron chi connectivity index (χ3n) is 2.26. The molecule has 0 heterocycles. The molecule has 0 aliphatic heterocycles. The monoisotopic (exact) mass is 247 g/mol. The highest BCUT2D eigenvalue weighted by Gasteiger charge is 2.18. The van der Waals surface area contributed by atoms with E-state index in [0.717, 1.165) is 0 Å². The van der Waals surface area contributed by atoms with Gasteiger partial charge in [-0.15, -0.1) is 12.3 Å². The first-order valence-electron chi connectivity index (χ1n) is 5.26. The number of aliphatic carboxylic acids is 1. The number of hydrogen-bond donors (Lipinski definition) is 3. The summed E-state index contributed by atoms with van der Waals surface area (Å²) < 4.78 is 0. The first-order chi connectivity index (χ1) is 8.52. The molecule has 0 aliphatic rings. The molecule has 5 heteroatoms. The molecule has 0 saturated heterocycles. The van der Waals surface area contributed by atoms with Crippen LogP contribution in [-0.2, 0) is 16.0 Å². The fourth-order valence-electron chi connectivity index (χ4n) is 1.36. The summed E-state index contributed by atoms with van der Waals surface area (Å²) in [5.41, 5.74) is 0.676. The molecule has 0 saturated carbocycles. The lowest BCUT2D eigenvalue weighted by Gasteiger charge is -2.11. The van der Waals surface area contributed by atoms with Crippen molar-refractivity contribution in [3.63, 3.8) is 0 Å². The molecule has 0 spiro atoms. The second kappa shape index (κ2) is 6.30. The van der Waals surface area contributed by atoms with Crippen molar-refractivity contribution in [2.75, 3.05) is 0 Å². The second-order valence-corrected chi connectivity index (χ2v) is 3.71. The van der Waals surface area contributed by atoms with Crippen LogP contribution in [0.4, 0.5) is 0 Å². The van der Waals surface area contributed by atoms with Gasteiger partial charge >= 0.3 is 5.97 Å². The lowest BCUT2D eigenvalue weighted by molar-refractivity contribution is -0.141. The van der Waals surface area contributed by atoms with Gasteiger partial charge in [0, 0.05) is 6.42 Å². The Hall–Kier alpha value is -2.48. The van der Waals surface area contributed by atoms with Crippen molar-refractivity contribution >= 4 is 11.9 Å². The largest absolute Gasteiger partial charge is 0.508 e. The van der Waals surface area contributed by atoms with Gasteiger partial charge in [0.2, 0.25) is 5.91 Å². The SMILES string of the molecule is C#CCC(NC(=O)Cc1ccc(O)cc1)C(=O)O. The zero-order chi connectivity index (χ0) is 13.5. The molecule has 1 amide bonds. The number of benzene rings is 1. The minimum atomic E-state index is -1.16. The van der Waals surface area contributed by atoms with E-state index >= 15 is 0 Å². The van der Waals surface area contributed by atoms with E-state index in [1.54, 1.807) is 12.1 Å². The highest BCUT2D eigenvalue weighted by atomic mass is 16.4. The van der Waals surface area contributed by atoms with Crippen LogP contribution in [-0.4, -0.2) is 28.1 Å². The smallest absolute Gasteiger partial charge is 0.327 e.